The van der Waals surface area contributed by atoms with E-state index in [1.165, 1.54) is 15.0 Å². The highest BCUT2D eigenvalue weighted by Gasteiger charge is 2.36. The molecule has 5 rings (SSSR count). The van der Waals surface area contributed by atoms with E-state index in [-0.39, 0.29) is 12.1 Å². The molecule has 180 valence electrons. The zero-order valence-electron chi connectivity index (χ0n) is 20.4. The Labute approximate surface area is 205 Å². The molecule has 5 nitrogen and oxygen atoms in total. The summed E-state index contributed by atoms with van der Waals surface area (Å²) in [6.07, 6.45) is 1.62. The number of nitrogens with zero attached hydrogens (tertiary/aromatic N) is 1. The molecule has 0 saturated carbocycles. The van der Waals surface area contributed by atoms with E-state index in [1.807, 2.05) is 42.5 Å². The number of hydrogen-bond acceptors (Lipinski definition) is 5. The fraction of sp³-hybridized carbons (Fsp3) is 0.429. The minimum atomic E-state index is -0.542. The molecule has 34 heavy (non-hydrogen) atoms. The van der Waals surface area contributed by atoms with E-state index in [0.717, 1.165) is 47.5 Å². The smallest absolute Gasteiger partial charge is 0.128 e. The Kier molecular flexibility index (Phi) is 6.32. The van der Waals surface area contributed by atoms with Crippen molar-refractivity contribution >= 4 is 32.3 Å². The van der Waals surface area contributed by atoms with Crippen LogP contribution >= 0.6 is 11.3 Å². The summed E-state index contributed by atoms with van der Waals surface area (Å²) in [5, 5.41) is 13.1. The summed E-state index contributed by atoms with van der Waals surface area (Å²) in [5.74, 6) is 2.29. The molecular weight excluding hydrogens is 444 g/mol. The number of aliphatic hydroxyl groups is 1. The van der Waals surface area contributed by atoms with Crippen molar-refractivity contribution in [2.45, 2.75) is 51.2 Å². The molecule has 2 N–H and O–H groups in total. The van der Waals surface area contributed by atoms with Crippen LogP contribution in [0.2, 0.25) is 0 Å². The van der Waals surface area contributed by atoms with Gasteiger partial charge in [-0.25, -0.2) is 0 Å². The molecule has 0 radical (unpaired) electrons. The predicted octanol–water partition coefficient (Wildman–Crippen LogP) is 6.10. The highest BCUT2D eigenvalue weighted by atomic mass is 32.1. The molecule has 1 aliphatic heterocycles. The van der Waals surface area contributed by atoms with E-state index in [0.29, 0.717) is 12.5 Å². The summed E-state index contributed by atoms with van der Waals surface area (Å²) >= 11 is 1.89. The lowest BCUT2D eigenvalue weighted by Crippen LogP contribution is -2.52. The second kappa shape index (κ2) is 9.25. The maximum Gasteiger partial charge on any atom is 0.128 e. The Balaban J connectivity index is 1.22. The van der Waals surface area contributed by atoms with Gasteiger partial charge in [-0.15, -0.1) is 11.3 Å². The first-order valence-corrected chi connectivity index (χ1v) is 12.9. The third kappa shape index (κ3) is 4.54. The second-order valence-electron chi connectivity index (χ2n) is 10.1. The Morgan fingerprint density at radius 3 is 2.74 bits per heavy atom. The van der Waals surface area contributed by atoms with Crippen LogP contribution in [0.3, 0.4) is 0 Å². The van der Waals surface area contributed by atoms with Crippen molar-refractivity contribution in [2.24, 2.45) is 0 Å². The number of rotatable bonds is 7. The van der Waals surface area contributed by atoms with Gasteiger partial charge in [0.15, 0.2) is 0 Å². The zero-order chi connectivity index (χ0) is 23.9. The monoisotopic (exact) mass is 478 g/mol. The van der Waals surface area contributed by atoms with E-state index < -0.39 is 6.10 Å². The van der Waals surface area contributed by atoms with E-state index >= 15 is 0 Å². The number of aryl methyl sites for hydroxylation is 1. The number of ether oxygens (including phenoxy) is 2. The van der Waals surface area contributed by atoms with Crippen molar-refractivity contribution in [3.05, 3.63) is 59.1 Å². The Morgan fingerprint density at radius 1 is 1.15 bits per heavy atom. The van der Waals surface area contributed by atoms with Gasteiger partial charge in [-0.05, 0) is 82.5 Å². The standard InChI is InChI=1S/C28H34N2O3S/c1-18-13-21-23(29-18)7-5-9-25(21)33-17-20(31)16-30-12-11-19(15-28(30,2)3)27-14-22-24(32-4)8-6-10-26(22)34-27/h5-10,13-14,19-20,29,31H,11-12,15-17H2,1-4H3/t19-,20+/m1/s1. The van der Waals surface area contributed by atoms with Gasteiger partial charge in [-0.3, -0.25) is 4.90 Å². The minimum Gasteiger partial charge on any atom is -0.496 e. The first-order valence-electron chi connectivity index (χ1n) is 12.0. The number of piperidine rings is 1. The molecule has 3 heterocycles. The first kappa shape index (κ1) is 23.2. The summed E-state index contributed by atoms with van der Waals surface area (Å²) in [6.45, 7) is 8.50. The molecule has 1 saturated heterocycles. The maximum atomic E-state index is 10.8. The van der Waals surface area contributed by atoms with Crippen LogP contribution in [0.1, 0.15) is 43.2 Å². The van der Waals surface area contributed by atoms with Gasteiger partial charge >= 0.3 is 0 Å². The molecule has 0 amide bonds. The summed E-state index contributed by atoms with van der Waals surface area (Å²) in [7, 11) is 1.74. The number of aliphatic hydroxyl groups excluding tert-OH is 1. The number of thiophene rings is 1. The number of hydrogen-bond donors (Lipinski definition) is 2. The largest absolute Gasteiger partial charge is 0.496 e. The van der Waals surface area contributed by atoms with Crippen molar-refractivity contribution < 1.29 is 14.6 Å². The molecule has 1 fully saturated rings. The maximum absolute atomic E-state index is 10.8. The number of methoxy groups -OCH3 is 1. The average molecular weight is 479 g/mol. The molecule has 0 bridgehead atoms. The molecule has 0 unspecified atom stereocenters. The lowest BCUT2D eigenvalue weighted by molar-refractivity contribution is 0.00396. The van der Waals surface area contributed by atoms with Crippen LogP contribution < -0.4 is 9.47 Å². The van der Waals surface area contributed by atoms with Crippen molar-refractivity contribution in [3.63, 3.8) is 0 Å². The molecule has 0 aliphatic carbocycles. The zero-order valence-corrected chi connectivity index (χ0v) is 21.2. The molecule has 1 aliphatic rings. The number of H-pyrrole nitrogens is 1. The fourth-order valence-corrected chi connectivity index (χ4v) is 6.56. The van der Waals surface area contributed by atoms with Crippen LogP contribution in [0.15, 0.2) is 48.5 Å². The Bertz CT molecular complexity index is 1290. The third-order valence-corrected chi connectivity index (χ3v) is 8.40. The summed E-state index contributed by atoms with van der Waals surface area (Å²) in [5.41, 5.74) is 2.17. The van der Waals surface area contributed by atoms with Gasteiger partial charge in [-0.1, -0.05) is 12.1 Å². The number of fused-ring (bicyclic) bond motifs is 2. The topological polar surface area (TPSA) is 57.7 Å². The predicted molar refractivity (Wildman–Crippen MR) is 141 cm³/mol. The van der Waals surface area contributed by atoms with Gasteiger partial charge in [0.1, 0.15) is 24.2 Å². The van der Waals surface area contributed by atoms with Crippen molar-refractivity contribution in [2.75, 3.05) is 26.8 Å². The highest BCUT2D eigenvalue weighted by Crippen LogP contribution is 2.43. The Morgan fingerprint density at radius 2 is 1.94 bits per heavy atom. The fourth-order valence-electron chi connectivity index (χ4n) is 5.35. The SMILES string of the molecule is COc1cccc2sc([C@@H]3CCN(C[C@H](O)COc4cccc5[nH]c(C)cc45)C(C)(C)C3)cc12. The first-order chi connectivity index (χ1) is 16.3. The van der Waals surface area contributed by atoms with Crippen molar-refractivity contribution in [1.29, 1.82) is 0 Å². The molecular formula is C28H34N2O3S. The molecule has 2 aromatic carbocycles. The van der Waals surface area contributed by atoms with Crippen LogP contribution in [0.5, 0.6) is 11.5 Å². The van der Waals surface area contributed by atoms with E-state index in [1.54, 1.807) is 7.11 Å². The van der Waals surface area contributed by atoms with Gasteiger partial charge in [0, 0.05) is 43.6 Å². The number of aromatic amines is 1. The number of benzene rings is 2. The summed E-state index contributed by atoms with van der Waals surface area (Å²) < 4.78 is 12.9. The quantitative estimate of drug-likeness (QED) is 0.337. The number of β-amino-alcohol motifs (C(OH)–C–C–N with tert-alkyl or cyclic N) is 1. The molecule has 2 aromatic heterocycles. The van der Waals surface area contributed by atoms with Gasteiger partial charge in [-0.2, -0.15) is 0 Å². The third-order valence-electron chi connectivity index (χ3n) is 7.13. The lowest BCUT2D eigenvalue weighted by atomic mass is 9.81. The van der Waals surface area contributed by atoms with E-state index in [4.69, 9.17) is 9.47 Å². The Hall–Kier alpha value is -2.54. The lowest BCUT2D eigenvalue weighted by Gasteiger charge is -2.46. The molecule has 2 atom stereocenters. The van der Waals surface area contributed by atoms with Crippen LogP contribution in [-0.4, -0.2) is 53.4 Å². The van der Waals surface area contributed by atoms with Gasteiger partial charge in [0.25, 0.3) is 0 Å². The van der Waals surface area contributed by atoms with E-state index in [9.17, 15) is 5.11 Å². The normalized spacial score (nSPS) is 19.5. The summed E-state index contributed by atoms with van der Waals surface area (Å²) in [4.78, 5) is 7.20. The number of aromatic nitrogens is 1. The number of nitrogens with one attached hydrogen (secondary N) is 1. The second-order valence-corrected chi connectivity index (χ2v) is 11.2. The van der Waals surface area contributed by atoms with Crippen LogP contribution in [-0.2, 0) is 0 Å². The van der Waals surface area contributed by atoms with Gasteiger partial charge in [0.05, 0.1) is 7.11 Å². The average Bonchev–Trinajstić information content (AvgIpc) is 3.41. The molecule has 6 heteroatoms. The van der Waals surface area contributed by atoms with Gasteiger partial charge < -0.3 is 19.6 Å². The van der Waals surface area contributed by atoms with Gasteiger partial charge in [0.2, 0.25) is 0 Å². The molecule has 4 aromatic rings. The van der Waals surface area contributed by atoms with Crippen LogP contribution in [0.25, 0.3) is 21.0 Å². The highest BCUT2D eigenvalue weighted by molar-refractivity contribution is 7.19. The molecule has 0 spiro atoms. The van der Waals surface area contributed by atoms with Crippen LogP contribution in [0.4, 0.5) is 0 Å². The van der Waals surface area contributed by atoms with Crippen LogP contribution in [0, 0.1) is 6.92 Å². The van der Waals surface area contributed by atoms with Crippen molar-refractivity contribution in [1.82, 2.24) is 9.88 Å². The number of likely N-dealkylation sites (tertiary alicyclic amines) is 1. The van der Waals surface area contributed by atoms with E-state index in [2.05, 4.69) is 48.0 Å². The minimum absolute atomic E-state index is 0.00191. The van der Waals surface area contributed by atoms with Crippen molar-refractivity contribution in [3.8, 4) is 11.5 Å². The summed E-state index contributed by atoms with van der Waals surface area (Å²) in [6, 6.07) is 16.7.